The summed E-state index contributed by atoms with van der Waals surface area (Å²) >= 11 is 1.83. The summed E-state index contributed by atoms with van der Waals surface area (Å²) in [6.07, 6.45) is 27.0. The number of rotatable bonds is 25. The van der Waals surface area contributed by atoms with Gasteiger partial charge in [0.1, 0.15) is 17.3 Å². The normalized spacial score (nSPS) is 17.5. The highest BCUT2D eigenvalue weighted by atomic mass is 32.1. The molecule has 0 saturated carbocycles. The molecule has 0 bridgehead atoms. The van der Waals surface area contributed by atoms with Crippen molar-refractivity contribution < 1.29 is 18.8 Å². The molecule has 1 aliphatic heterocycles. The average molecular weight is 561 g/mol. The van der Waals surface area contributed by atoms with E-state index in [-0.39, 0.29) is 12.4 Å². The molecule has 0 radical (unpaired) electrons. The Labute approximate surface area is 243 Å². The summed E-state index contributed by atoms with van der Waals surface area (Å²) in [5.74, 6) is 0. The van der Waals surface area contributed by atoms with Crippen LogP contribution in [0.2, 0.25) is 0 Å². The largest absolute Gasteiger partial charge is 0.379 e. The van der Waals surface area contributed by atoms with Gasteiger partial charge in [-0.2, -0.15) is 4.57 Å². The van der Waals surface area contributed by atoms with Crippen LogP contribution in [-0.4, -0.2) is 32.2 Å². The minimum Gasteiger partial charge on any atom is -0.379 e. The summed E-state index contributed by atoms with van der Waals surface area (Å²) in [7, 11) is 0. The minimum absolute atomic E-state index is 0.00809. The molecule has 39 heavy (non-hydrogen) atoms. The van der Waals surface area contributed by atoms with Gasteiger partial charge < -0.3 is 14.2 Å². The van der Waals surface area contributed by atoms with Gasteiger partial charge in [-0.15, -0.1) is 0 Å². The molecule has 3 rings (SSSR count). The van der Waals surface area contributed by atoms with Gasteiger partial charge >= 0.3 is 0 Å². The first-order valence-electron chi connectivity index (χ1n) is 16.6. The maximum atomic E-state index is 6.05. The molecule has 0 spiro atoms. The first-order chi connectivity index (χ1) is 19.4. The Balaban J connectivity index is 1.03. The van der Waals surface area contributed by atoms with Crippen LogP contribution in [0.1, 0.15) is 135 Å². The number of fused-ring (bicyclic) bond motifs is 1. The van der Waals surface area contributed by atoms with E-state index in [2.05, 4.69) is 41.3 Å². The Morgan fingerprint density at radius 1 is 0.769 bits per heavy atom. The first-order valence-corrected chi connectivity index (χ1v) is 17.4. The summed E-state index contributed by atoms with van der Waals surface area (Å²) in [4.78, 5) is 0. The lowest BCUT2D eigenvalue weighted by molar-refractivity contribution is -0.667. The summed E-state index contributed by atoms with van der Waals surface area (Å²) in [5, 5.41) is 0. The Kier molecular flexibility index (Phi) is 18.1. The van der Waals surface area contributed by atoms with Crippen LogP contribution in [0.5, 0.6) is 0 Å². The Morgan fingerprint density at radius 2 is 1.38 bits per heavy atom. The number of nitrogens with zero attached hydrogens (tertiary/aromatic N) is 1. The Bertz CT molecular complexity index is 841. The third-order valence-corrected chi connectivity index (χ3v) is 9.04. The van der Waals surface area contributed by atoms with Gasteiger partial charge in [0, 0.05) is 19.1 Å². The summed E-state index contributed by atoms with van der Waals surface area (Å²) in [5.41, 5.74) is 3.62. The van der Waals surface area contributed by atoms with Gasteiger partial charge in [0.15, 0.2) is 6.29 Å². The number of ether oxygens (including phenoxy) is 3. The maximum absolute atomic E-state index is 6.05. The number of hydrogen-bond acceptors (Lipinski definition) is 4. The molecule has 2 atom stereocenters. The standard InChI is InChI=1S/C34H58NO3S/c1-2-3-4-5-6-7-8-9-10-11-12-13-14-15-18-25-34-37-29-31(38-34)28-36-27-22-17-16-21-26-35-30-39-33-24-20-19-23-32(33)35/h19-20,23-24,30-31,34H,2-18,21-22,25-29H2,1H3/q+1. The molecule has 1 saturated heterocycles. The van der Waals surface area contributed by atoms with Crippen molar-refractivity contribution in [2.75, 3.05) is 19.8 Å². The molecule has 0 aliphatic carbocycles. The monoisotopic (exact) mass is 560 g/mol. The minimum atomic E-state index is -0.00809. The van der Waals surface area contributed by atoms with Crippen LogP contribution in [0.15, 0.2) is 29.8 Å². The average Bonchev–Trinajstić information content (AvgIpc) is 3.59. The fraction of sp³-hybridized carbons (Fsp3) is 0.794. The van der Waals surface area contributed by atoms with Gasteiger partial charge in [0.2, 0.25) is 11.0 Å². The van der Waals surface area contributed by atoms with Gasteiger partial charge in [-0.25, -0.2) is 0 Å². The molecule has 0 N–H and O–H groups in total. The molecular formula is C34H58NO3S+. The highest BCUT2D eigenvalue weighted by Crippen LogP contribution is 2.20. The first kappa shape index (κ1) is 32.5. The van der Waals surface area contributed by atoms with E-state index in [4.69, 9.17) is 14.2 Å². The van der Waals surface area contributed by atoms with Gasteiger partial charge in [0.25, 0.3) is 0 Å². The van der Waals surface area contributed by atoms with Crippen LogP contribution in [0.25, 0.3) is 10.2 Å². The van der Waals surface area contributed by atoms with E-state index in [0.29, 0.717) is 13.2 Å². The lowest BCUT2D eigenvalue weighted by atomic mass is 10.0. The summed E-state index contributed by atoms with van der Waals surface area (Å²) in [6, 6.07) is 8.68. The summed E-state index contributed by atoms with van der Waals surface area (Å²) in [6.45, 7) is 5.60. The zero-order valence-electron chi connectivity index (χ0n) is 25.1. The molecular weight excluding hydrogens is 502 g/mol. The van der Waals surface area contributed by atoms with E-state index in [1.165, 1.54) is 126 Å². The molecule has 4 nitrogen and oxygen atoms in total. The molecule has 5 heteroatoms. The van der Waals surface area contributed by atoms with E-state index < -0.39 is 0 Å². The van der Waals surface area contributed by atoms with Crippen molar-refractivity contribution in [2.24, 2.45) is 0 Å². The SMILES string of the molecule is CCCCCCCCCCCCCCCCCC1OCC(COCCCCCC[n+]2csc3ccccc32)O1. The maximum Gasteiger partial charge on any atom is 0.225 e. The lowest BCUT2D eigenvalue weighted by Gasteiger charge is -2.12. The van der Waals surface area contributed by atoms with Crippen molar-refractivity contribution >= 4 is 21.6 Å². The Morgan fingerprint density at radius 3 is 2.10 bits per heavy atom. The molecule has 1 aromatic heterocycles. The second-order valence-corrected chi connectivity index (χ2v) is 12.5. The summed E-state index contributed by atoms with van der Waals surface area (Å²) < 4.78 is 21.6. The smallest absolute Gasteiger partial charge is 0.225 e. The van der Waals surface area contributed by atoms with Crippen LogP contribution in [0, 0.1) is 0 Å². The number of benzene rings is 1. The van der Waals surface area contributed by atoms with Gasteiger partial charge in [-0.05, 0) is 31.7 Å². The van der Waals surface area contributed by atoms with Gasteiger partial charge in [-0.3, -0.25) is 0 Å². The van der Waals surface area contributed by atoms with Crippen LogP contribution < -0.4 is 4.57 Å². The number of thiazole rings is 1. The van der Waals surface area contributed by atoms with Crippen molar-refractivity contribution in [3.8, 4) is 0 Å². The molecule has 2 heterocycles. The number of hydrogen-bond donors (Lipinski definition) is 0. The zero-order valence-corrected chi connectivity index (χ0v) is 25.9. The third-order valence-electron chi connectivity index (χ3n) is 8.08. The van der Waals surface area contributed by atoms with Crippen molar-refractivity contribution in [1.29, 1.82) is 0 Å². The fourth-order valence-corrected chi connectivity index (χ4v) is 6.55. The fourth-order valence-electron chi connectivity index (χ4n) is 5.63. The number of aryl methyl sites for hydroxylation is 1. The second kappa shape index (κ2) is 21.7. The van der Waals surface area contributed by atoms with Crippen molar-refractivity contribution in [3.63, 3.8) is 0 Å². The van der Waals surface area contributed by atoms with E-state index >= 15 is 0 Å². The van der Waals surface area contributed by atoms with Gasteiger partial charge in [0.05, 0.1) is 13.2 Å². The number of para-hydroxylation sites is 1. The van der Waals surface area contributed by atoms with E-state index in [1.807, 2.05) is 11.3 Å². The number of unbranched alkanes of at least 4 members (excludes halogenated alkanes) is 17. The lowest BCUT2D eigenvalue weighted by Crippen LogP contribution is -2.31. The molecule has 0 amide bonds. The van der Waals surface area contributed by atoms with E-state index in [1.54, 1.807) is 0 Å². The second-order valence-electron chi connectivity index (χ2n) is 11.6. The molecule has 2 aromatic rings. The highest BCUT2D eigenvalue weighted by molar-refractivity contribution is 7.16. The van der Waals surface area contributed by atoms with E-state index in [0.717, 1.165) is 26.0 Å². The van der Waals surface area contributed by atoms with Crippen molar-refractivity contribution in [3.05, 3.63) is 29.8 Å². The van der Waals surface area contributed by atoms with Crippen molar-refractivity contribution in [1.82, 2.24) is 0 Å². The predicted octanol–water partition coefficient (Wildman–Crippen LogP) is 9.77. The van der Waals surface area contributed by atoms with E-state index in [9.17, 15) is 0 Å². The van der Waals surface area contributed by atoms with Crippen LogP contribution in [0.3, 0.4) is 0 Å². The van der Waals surface area contributed by atoms with Crippen molar-refractivity contribution in [2.45, 2.75) is 154 Å². The van der Waals surface area contributed by atoms with Crippen LogP contribution >= 0.6 is 11.3 Å². The predicted molar refractivity (Wildman–Crippen MR) is 165 cm³/mol. The Hall–Kier alpha value is -1.01. The highest BCUT2D eigenvalue weighted by Gasteiger charge is 2.25. The van der Waals surface area contributed by atoms with Gasteiger partial charge in [-0.1, -0.05) is 127 Å². The molecule has 2 unspecified atom stereocenters. The molecule has 1 aliphatic rings. The molecule has 1 fully saturated rings. The van der Waals surface area contributed by atoms with Crippen LogP contribution in [0.4, 0.5) is 0 Å². The molecule has 1 aromatic carbocycles. The molecule has 222 valence electrons. The quantitative estimate of drug-likeness (QED) is 0.0894. The third kappa shape index (κ3) is 14.4. The zero-order chi connectivity index (χ0) is 27.2. The topological polar surface area (TPSA) is 31.6 Å². The number of aromatic nitrogens is 1. The van der Waals surface area contributed by atoms with Crippen LogP contribution in [-0.2, 0) is 20.8 Å².